The van der Waals surface area contributed by atoms with Crippen molar-refractivity contribution in [1.82, 2.24) is 9.80 Å². The fourth-order valence-corrected chi connectivity index (χ4v) is 1.93. The van der Waals surface area contributed by atoms with E-state index < -0.39 is 0 Å². The summed E-state index contributed by atoms with van der Waals surface area (Å²) in [4.78, 5) is 4.65. The number of rotatable bonds is 3. The van der Waals surface area contributed by atoms with Gasteiger partial charge in [-0.2, -0.15) is 0 Å². The van der Waals surface area contributed by atoms with Crippen molar-refractivity contribution in [2.45, 2.75) is 25.4 Å². The third-order valence-electron chi connectivity index (χ3n) is 3.35. The Labute approximate surface area is 86.7 Å². The zero-order valence-corrected chi connectivity index (χ0v) is 9.53. The molecule has 0 aliphatic carbocycles. The summed E-state index contributed by atoms with van der Waals surface area (Å²) in [6.07, 6.45) is 0. The Morgan fingerprint density at radius 3 is 2.50 bits per heavy atom. The van der Waals surface area contributed by atoms with Crippen LogP contribution in [0.25, 0.3) is 0 Å². The summed E-state index contributed by atoms with van der Waals surface area (Å²) in [7, 11) is 2.15. The number of hydrogen-bond donors (Lipinski definition) is 2. The van der Waals surface area contributed by atoms with E-state index in [1.165, 1.54) is 0 Å². The minimum atomic E-state index is 0.128. The van der Waals surface area contributed by atoms with Gasteiger partial charge in [0.25, 0.3) is 0 Å². The van der Waals surface area contributed by atoms with E-state index in [0.717, 1.165) is 19.6 Å². The van der Waals surface area contributed by atoms with E-state index in [0.29, 0.717) is 6.54 Å². The lowest BCUT2D eigenvalue weighted by molar-refractivity contribution is 0.00479. The van der Waals surface area contributed by atoms with E-state index in [-0.39, 0.29) is 18.2 Å². The van der Waals surface area contributed by atoms with E-state index >= 15 is 0 Å². The SMILES string of the molecule is CN1CCN(C(CN)CO)CC1(C)C. The van der Waals surface area contributed by atoms with Gasteiger partial charge in [-0.05, 0) is 20.9 Å². The highest BCUT2D eigenvalue weighted by molar-refractivity contribution is 4.90. The van der Waals surface area contributed by atoms with Gasteiger partial charge in [0.05, 0.1) is 6.61 Å². The van der Waals surface area contributed by atoms with Crippen LogP contribution < -0.4 is 5.73 Å². The van der Waals surface area contributed by atoms with E-state index in [9.17, 15) is 5.11 Å². The molecule has 4 nitrogen and oxygen atoms in total. The van der Waals surface area contributed by atoms with Gasteiger partial charge in [0.2, 0.25) is 0 Å². The number of nitrogens with two attached hydrogens (primary N) is 1. The van der Waals surface area contributed by atoms with Crippen LogP contribution in [-0.2, 0) is 0 Å². The molecule has 0 radical (unpaired) electrons. The normalized spacial score (nSPS) is 26.4. The molecule has 4 heteroatoms. The molecule has 84 valence electrons. The van der Waals surface area contributed by atoms with Crippen LogP contribution in [0.1, 0.15) is 13.8 Å². The van der Waals surface area contributed by atoms with Crippen molar-refractivity contribution in [3.8, 4) is 0 Å². The zero-order chi connectivity index (χ0) is 10.8. The molecule has 1 atom stereocenters. The van der Waals surface area contributed by atoms with Gasteiger partial charge in [0, 0.05) is 37.8 Å². The van der Waals surface area contributed by atoms with Crippen LogP contribution in [0, 0.1) is 0 Å². The predicted molar refractivity (Wildman–Crippen MR) is 58.2 cm³/mol. The minimum absolute atomic E-state index is 0.128. The van der Waals surface area contributed by atoms with Crippen LogP contribution in [0.5, 0.6) is 0 Å². The monoisotopic (exact) mass is 201 g/mol. The Morgan fingerprint density at radius 1 is 1.43 bits per heavy atom. The van der Waals surface area contributed by atoms with Crippen LogP contribution in [0.15, 0.2) is 0 Å². The molecule has 14 heavy (non-hydrogen) atoms. The fourth-order valence-electron chi connectivity index (χ4n) is 1.93. The van der Waals surface area contributed by atoms with Crippen molar-refractivity contribution in [3.05, 3.63) is 0 Å². The summed E-state index contributed by atoms with van der Waals surface area (Å²) in [5.41, 5.74) is 5.80. The zero-order valence-electron chi connectivity index (χ0n) is 9.53. The van der Waals surface area contributed by atoms with Gasteiger partial charge in [-0.25, -0.2) is 0 Å². The number of aliphatic hydroxyl groups is 1. The highest BCUT2D eigenvalue weighted by atomic mass is 16.3. The smallest absolute Gasteiger partial charge is 0.0599 e. The molecule has 1 aliphatic heterocycles. The Balaban J connectivity index is 2.58. The molecule has 0 aromatic rings. The summed E-state index contributed by atoms with van der Waals surface area (Å²) in [5.74, 6) is 0. The van der Waals surface area contributed by atoms with Crippen molar-refractivity contribution in [2.75, 3.05) is 39.8 Å². The second-order valence-corrected chi connectivity index (χ2v) is 4.78. The lowest BCUT2D eigenvalue weighted by Crippen LogP contribution is -2.61. The fraction of sp³-hybridized carbons (Fsp3) is 1.00. The van der Waals surface area contributed by atoms with Gasteiger partial charge in [-0.3, -0.25) is 9.80 Å². The van der Waals surface area contributed by atoms with Gasteiger partial charge in [-0.1, -0.05) is 0 Å². The number of aliphatic hydroxyl groups excluding tert-OH is 1. The first-order chi connectivity index (χ1) is 6.51. The van der Waals surface area contributed by atoms with Crippen LogP contribution in [0.4, 0.5) is 0 Å². The minimum Gasteiger partial charge on any atom is -0.395 e. The summed E-state index contributed by atoms with van der Waals surface area (Å²) in [6, 6.07) is 0.128. The average molecular weight is 201 g/mol. The van der Waals surface area contributed by atoms with Gasteiger partial charge in [-0.15, -0.1) is 0 Å². The second kappa shape index (κ2) is 4.57. The first-order valence-corrected chi connectivity index (χ1v) is 5.27. The second-order valence-electron chi connectivity index (χ2n) is 4.78. The largest absolute Gasteiger partial charge is 0.395 e. The lowest BCUT2D eigenvalue weighted by atomic mass is 9.98. The molecule has 1 rings (SSSR count). The molecule has 1 heterocycles. The molecule has 0 aromatic heterocycles. The van der Waals surface area contributed by atoms with Crippen LogP contribution in [0.3, 0.4) is 0 Å². The Bertz CT molecular complexity index is 180. The van der Waals surface area contributed by atoms with Crippen molar-refractivity contribution in [3.63, 3.8) is 0 Å². The quantitative estimate of drug-likeness (QED) is 0.636. The van der Waals surface area contributed by atoms with E-state index in [1.807, 2.05) is 0 Å². The molecule has 1 unspecified atom stereocenters. The highest BCUT2D eigenvalue weighted by Crippen LogP contribution is 2.19. The van der Waals surface area contributed by atoms with Gasteiger partial charge in [0.15, 0.2) is 0 Å². The van der Waals surface area contributed by atoms with Gasteiger partial charge >= 0.3 is 0 Å². The molecule has 0 bridgehead atoms. The third-order valence-corrected chi connectivity index (χ3v) is 3.35. The predicted octanol–water partition coefficient (Wildman–Crippen LogP) is -0.668. The van der Waals surface area contributed by atoms with Crippen molar-refractivity contribution in [2.24, 2.45) is 5.73 Å². The highest BCUT2D eigenvalue weighted by Gasteiger charge is 2.33. The lowest BCUT2D eigenvalue weighted by Gasteiger charge is -2.47. The molecular formula is C10H23N3O. The summed E-state index contributed by atoms with van der Waals surface area (Å²) < 4.78 is 0. The molecule has 0 saturated carbocycles. The van der Waals surface area contributed by atoms with Gasteiger partial charge < -0.3 is 10.8 Å². The molecule has 0 spiro atoms. The van der Waals surface area contributed by atoms with Crippen molar-refractivity contribution >= 4 is 0 Å². The molecule has 1 fully saturated rings. The molecule has 0 aromatic carbocycles. The van der Waals surface area contributed by atoms with Crippen molar-refractivity contribution in [1.29, 1.82) is 0 Å². The number of hydrogen-bond acceptors (Lipinski definition) is 4. The molecular weight excluding hydrogens is 178 g/mol. The number of nitrogens with zero attached hydrogens (tertiary/aromatic N) is 2. The maximum atomic E-state index is 9.18. The Kier molecular flexibility index (Phi) is 3.89. The number of piperazine rings is 1. The summed E-state index contributed by atoms with van der Waals surface area (Å²) >= 11 is 0. The molecule has 1 aliphatic rings. The van der Waals surface area contributed by atoms with Crippen LogP contribution in [0.2, 0.25) is 0 Å². The Morgan fingerprint density at radius 2 is 2.07 bits per heavy atom. The van der Waals surface area contributed by atoms with E-state index in [1.54, 1.807) is 0 Å². The standard InChI is InChI=1S/C10H23N3O/c1-10(2)8-13(5-4-12(10)3)9(6-11)7-14/h9,14H,4-8,11H2,1-3H3. The van der Waals surface area contributed by atoms with Crippen LogP contribution in [-0.4, -0.2) is 66.3 Å². The maximum Gasteiger partial charge on any atom is 0.0599 e. The average Bonchev–Trinajstić information content (AvgIpc) is 2.13. The van der Waals surface area contributed by atoms with Gasteiger partial charge in [0.1, 0.15) is 0 Å². The summed E-state index contributed by atoms with van der Waals surface area (Å²) in [6.45, 7) is 8.18. The number of likely N-dealkylation sites (N-methyl/N-ethyl adjacent to an activating group) is 1. The topological polar surface area (TPSA) is 52.7 Å². The summed E-state index contributed by atoms with van der Waals surface area (Å²) in [5, 5.41) is 9.18. The van der Waals surface area contributed by atoms with Crippen LogP contribution >= 0.6 is 0 Å². The first-order valence-electron chi connectivity index (χ1n) is 5.27. The van der Waals surface area contributed by atoms with Crippen molar-refractivity contribution < 1.29 is 5.11 Å². The molecule has 3 N–H and O–H groups in total. The Hall–Kier alpha value is -0.160. The maximum absolute atomic E-state index is 9.18. The molecule has 1 saturated heterocycles. The first kappa shape index (κ1) is 11.9. The van der Waals surface area contributed by atoms with E-state index in [2.05, 4.69) is 30.7 Å². The molecule has 0 amide bonds. The third kappa shape index (κ3) is 2.45. The van der Waals surface area contributed by atoms with E-state index in [4.69, 9.17) is 5.73 Å².